The van der Waals surface area contributed by atoms with Crippen molar-refractivity contribution in [2.45, 2.75) is 12.5 Å². The lowest BCUT2D eigenvalue weighted by Crippen LogP contribution is -2.37. The predicted octanol–water partition coefficient (Wildman–Crippen LogP) is 3.01. The number of para-hydroxylation sites is 1. The van der Waals surface area contributed by atoms with Gasteiger partial charge in [0.05, 0.1) is 0 Å². The van der Waals surface area contributed by atoms with Gasteiger partial charge in [0.1, 0.15) is 11.8 Å². The Hall–Kier alpha value is -2.04. The molecule has 2 aromatic carbocycles. The van der Waals surface area contributed by atoms with Gasteiger partial charge >= 0.3 is 0 Å². The summed E-state index contributed by atoms with van der Waals surface area (Å²) < 4.78 is 0. The first-order chi connectivity index (χ1) is 11.0. The Labute approximate surface area is 141 Å². The second kappa shape index (κ2) is 7.99. The van der Waals surface area contributed by atoms with Crippen LogP contribution in [0.1, 0.15) is 17.2 Å². The minimum absolute atomic E-state index is 0.0762. The minimum atomic E-state index is -0.378. The van der Waals surface area contributed by atoms with Crippen molar-refractivity contribution in [3.05, 3.63) is 64.7 Å². The first-order valence-corrected chi connectivity index (χ1v) is 7.83. The summed E-state index contributed by atoms with van der Waals surface area (Å²) in [6, 6.07) is 14.0. The number of phenols is 1. The largest absolute Gasteiger partial charge is 0.508 e. The number of hydrogen-bond donors (Lipinski definition) is 2. The van der Waals surface area contributed by atoms with Gasteiger partial charge in [-0.05, 0) is 49.8 Å². The third kappa shape index (κ3) is 4.71. The monoisotopic (exact) mass is 332 g/mol. The molecule has 2 aromatic rings. The van der Waals surface area contributed by atoms with Crippen LogP contribution in [0.15, 0.2) is 48.5 Å². The first kappa shape index (κ1) is 17.3. The number of carbonyl (C=O) groups is 1. The van der Waals surface area contributed by atoms with Gasteiger partial charge in [-0.25, -0.2) is 0 Å². The van der Waals surface area contributed by atoms with Crippen LogP contribution in [0.2, 0.25) is 5.02 Å². The van der Waals surface area contributed by atoms with E-state index in [2.05, 4.69) is 5.32 Å². The van der Waals surface area contributed by atoms with Gasteiger partial charge in [-0.1, -0.05) is 41.9 Å². The van der Waals surface area contributed by atoms with Crippen molar-refractivity contribution in [3.8, 4) is 5.75 Å². The lowest BCUT2D eigenvalue weighted by atomic mass is 10.1. The number of aromatic hydroxyl groups is 1. The van der Waals surface area contributed by atoms with Crippen molar-refractivity contribution in [2.75, 3.05) is 20.6 Å². The number of nitrogens with zero attached hydrogens (tertiary/aromatic N) is 1. The SMILES string of the molecule is CN(C)C(C(=O)NCCc1ccccc1O)c1ccc(Cl)cc1. The summed E-state index contributed by atoms with van der Waals surface area (Å²) in [5.74, 6) is 0.177. The summed E-state index contributed by atoms with van der Waals surface area (Å²) in [4.78, 5) is 14.4. The van der Waals surface area contributed by atoms with Gasteiger partial charge in [0.2, 0.25) is 5.91 Å². The van der Waals surface area contributed by atoms with E-state index in [1.165, 1.54) is 0 Å². The zero-order valence-corrected chi connectivity index (χ0v) is 14.0. The molecule has 1 unspecified atom stereocenters. The maximum Gasteiger partial charge on any atom is 0.241 e. The van der Waals surface area contributed by atoms with Crippen LogP contribution in [-0.4, -0.2) is 36.6 Å². The van der Waals surface area contributed by atoms with Crippen molar-refractivity contribution in [3.63, 3.8) is 0 Å². The van der Waals surface area contributed by atoms with E-state index in [0.717, 1.165) is 11.1 Å². The molecule has 0 aromatic heterocycles. The molecule has 0 saturated heterocycles. The quantitative estimate of drug-likeness (QED) is 0.855. The number of benzene rings is 2. The number of amides is 1. The van der Waals surface area contributed by atoms with Crippen LogP contribution in [0.4, 0.5) is 0 Å². The van der Waals surface area contributed by atoms with Crippen LogP contribution in [0.5, 0.6) is 5.75 Å². The lowest BCUT2D eigenvalue weighted by molar-refractivity contribution is -0.125. The molecule has 2 rings (SSSR count). The number of rotatable bonds is 6. The maximum atomic E-state index is 12.5. The summed E-state index contributed by atoms with van der Waals surface area (Å²) in [5, 5.41) is 13.3. The second-order valence-corrected chi connectivity index (χ2v) is 6.02. The highest BCUT2D eigenvalue weighted by atomic mass is 35.5. The summed E-state index contributed by atoms with van der Waals surface area (Å²) in [7, 11) is 3.73. The Morgan fingerprint density at radius 3 is 2.43 bits per heavy atom. The van der Waals surface area contributed by atoms with Crippen LogP contribution in [0.25, 0.3) is 0 Å². The van der Waals surface area contributed by atoms with Gasteiger partial charge in [-0.3, -0.25) is 9.69 Å². The topological polar surface area (TPSA) is 52.6 Å². The van der Waals surface area contributed by atoms with E-state index < -0.39 is 0 Å². The van der Waals surface area contributed by atoms with Gasteiger partial charge in [-0.15, -0.1) is 0 Å². The zero-order valence-electron chi connectivity index (χ0n) is 13.3. The average Bonchev–Trinajstić information content (AvgIpc) is 2.51. The molecule has 0 bridgehead atoms. The predicted molar refractivity (Wildman–Crippen MR) is 92.7 cm³/mol. The Bertz CT molecular complexity index is 656. The summed E-state index contributed by atoms with van der Waals surface area (Å²) in [5.41, 5.74) is 1.71. The van der Waals surface area contributed by atoms with E-state index in [9.17, 15) is 9.90 Å². The molecule has 23 heavy (non-hydrogen) atoms. The molecule has 5 heteroatoms. The number of phenolic OH excluding ortho intramolecular Hbond substituents is 1. The Morgan fingerprint density at radius 2 is 1.83 bits per heavy atom. The fraction of sp³-hybridized carbons (Fsp3) is 0.278. The summed E-state index contributed by atoms with van der Waals surface area (Å²) in [6.07, 6.45) is 0.583. The van der Waals surface area contributed by atoms with Crippen molar-refractivity contribution < 1.29 is 9.90 Å². The standard InChI is InChI=1S/C18H21ClN2O2/c1-21(2)17(14-7-9-15(19)10-8-14)18(23)20-12-11-13-5-3-4-6-16(13)22/h3-10,17,22H,11-12H2,1-2H3,(H,20,23). The number of nitrogens with one attached hydrogen (secondary N) is 1. The van der Waals surface area contributed by atoms with E-state index in [1.54, 1.807) is 24.3 Å². The highest BCUT2D eigenvalue weighted by Gasteiger charge is 2.22. The number of halogens is 1. The normalized spacial score (nSPS) is 12.2. The fourth-order valence-corrected chi connectivity index (χ4v) is 2.59. The van der Waals surface area contributed by atoms with Crippen LogP contribution in [0.3, 0.4) is 0 Å². The van der Waals surface area contributed by atoms with Crippen molar-refractivity contribution in [2.24, 2.45) is 0 Å². The van der Waals surface area contributed by atoms with E-state index in [4.69, 9.17) is 11.6 Å². The molecule has 0 radical (unpaired) electrons. The smallest absolute Gasteiger partial charge is 0.241 e. The van der Waals surface area contributed by atoms with Crippen molar-refractivity contribution in [1.29, 1.82) is 0 Å². The Kier molecular flexibility index (Phi) is 6.02. The molecule has 0 heterocycles. The molecule has 1 amide bonds. The maximum absolute atomic E-state index is 12.5. The van der Waals surface area contributed by atoms with Gasteiger partial charge in [0, 0.05) is 11.6 Å². The number of hydrogen-bond acceptors (Lipinski definition) is 3. The summed E-state index contributed by atoms with van der Waals surface area (Å²) in [6.45, 7) is 0.467. The molecule has 0 aliphatic carbocycles. The third-order valence-corrected chi connectivity index (χ3v) is 3.89. The van der Waals surface area contributed by atoms with Crippen molar-refractivity contribution in [1.82, 2.24) is 10.2 Å². The number of carbonyl (C=O) groups excluding carboxylic acids is 1. The van der Waals surface area contributed by atoms with Gasteiger partial charge in [0.15, 0.2) is 0 Å². The zero-order chi connectivity index (χ0) is 16.8. The highest BCUT2D eigenvalue weighted by molar-refractivity contribution is 6.30. The third-order valence-electron chi connectivity index (χ3n) is 3.64. The van der Waals surface area contributed by atoms with Crippen LogP contribution in [-0.2, 0) is 11.2 Å². The van der Waals surface area contributed by atoms with Crippen LogP contribution in [0, 0.1) is 0 Å². The first-order valence-electron chi connectivity index (χ1n) is 7.45. The van der Waals surface area contributed by atoms with E-state index in [1.807, 2.05) is 43.3 Å². The summed E-state index contributed by atoms with van der Waals surface area (Å²) >= 11 is 5.90. The van der Waals surface area contributed by atoms with Crippen LogP contribution < -0.4 is 5.32 Å². The number of likely N-dealkylation sites (N-methyl/N-ethyl adjacent to an activating group) is 1. The fourth-order valence-electron chi connectivity index (χ4n) is 2.47. The minimum Gasteiger partial charge on any atom is -0.508 e. The highest BCUT2D eigenvalue weighted by Crippen LogP contribution is 2.21. The average molecular weight is 333 g/mol. The second-order valence-electron chi connectivity index (χ2n) is 5.59. The van der Waals surface area contributed by atoms with E-state index >= 15 is 0 Å². The molecule has 0 spiro atoms. The van der Waals surface area contributed by atoms with E-state index in [-0.39, 0.29) is 17.7 Å². The molecule has 0 aliphatic rings. The van der Waals surface area contributed by atoms with Gasteiger partial charge < -0.3 is 10.4 Å². The molecule has 1 atom stereocenters. The van der Waals surface area contributed by atoms with Crippen LogP contribution >= 0.6 is 11.6 Å². The molecule has 0 saturated carbocycles. The molecule has 4 nitrogen and oxygen atoms in total. The molecule has 0 fully saturated rings. The van der Waals surface area contributed by atoms with Gasteiger partial charge in [-0.2, -0.15) is 0 Å². The van der Waals surface area contributed by atoms with E-state index in [0.29, 0.717) is 18.0 Å². The molecule has 0 aliphatic heterocycles. The molecular weight excluding hydrogens is 312 g/mol. The Balaban J connectivity index is 1.99. The van der Waals surface area contributed by atoms with Crippen molar-refractivity contribution >= 4 is 17.5 Å². The molecule has 2 N–H and O–H groups in total. The lowest BCUT2D eigenvalue weighted by Gasteiger charge is -2.24. The Morgan fingerprint density at radius 1 is 1.17 bits per heavy atom. The molecule has 122 valence electrons. The van der Waals surface area contributed by atoms with Gasteiger partial charge in [0.25, 0.3) is 0 Å². The molecular formula is C18H21ClN2O2.